The predicted molar refractivity (Wildman–Crippen MR) is 117 cm³/mol. The Morgan fingerprint density at radius 1 is 1.03 bits per heavy atom. The highest BCUT2D eigenvalue weighted by molar-refractivity contribution is 7.17. The topological polar surface area (TPSA) is 65.3 Å². The number of carbonyl (C=O) groups excluding carboxylic acids is 1. The fraction of sp³-hybridized carbons (Fsp3) is 0.182. The van der Waals surface area contributed by atoms with Crippen molar-refractivity contribution in [2.24, 2.45) is 14.1 Å². The molecule has 4 rings (SSSR count). The summed E-state index contributed by atoms with van der Waals surface area (Å²) in [7, 11) is 3.45. The Bertz CT molecular complexity index is 1250. The molecule has 0 aliphatic heterocycles. The maximum Gasteiger partial charge on any atom is 0.328 e. The van der Waals surface area contributed by atoms with Gasteiger partial charge in [-0.25, -0.2) is 4.79 Å². The molecule has 2 aromatic carbocycles. The highest BCUT2D eigenvalue weighted by Crippen LogP contribution is 2.37. The lowest BCUT2D eigenvalue weighted by molar-refractivity contribution is 0.102. The number of aromatic nitrogens is 2. The predicted octanol–water partition coefficient (Wildman–Crippen LogP) is 4.26. The van der Waals surface area contributed by atoms with Crippen molar-refractivity contribution in [1.29, 1.82) is 0 Å². The Morgan fingerprint density at radius 3 is 2.48 bits per heavy atom. The van der Waals surface area contributed by atoms with Crippen LogP contribution in [0.25, 0.3) is 21.5 Å². The van der Waals surface area contributed by atoms with Crippen LogP contribution in [-0.2, 0) is 14.1 Å². The molecule has 0 aliphatic carbocycles. The monoisotopic (exact) mass is 407 g/mol. The summed E-state index contributed by atoms with van der Waals surface area (Å²) in [6.45, 7) is 2.37. The number of nitrogens with zero attached hydrogens (tertiary/aromatic N) is 2. The van der Waals surface area contributed by atoms with Crippen molar-refractivity contribution in [3.05, 3.63) is 70.0 Å². The molecule has 0 spiro atoms. The Hall–Kier alpha value is -3.32. The first-order valence-corrected chi connectivity index (χ1v) is 10.1. The summed E-state index contributed by atoms with van der Waals surface area (Å²) in [5, 5.41) is 2.94. The molecule has 0 atom stereocenters. The molecule has 0 bridgehead atoms. The van der Waals surface area contributed by atoms with Crippen LogP contribution < -0.4 is 15.7 Å². The molecule has 0 saturated carbocycles. The lowest BCUT2D eigenvalue weighted by Gasteiger charge is -2.07. The molecule has 29 heavy (non-hydrogen) atoms. The second-order valence-corrected chi connectivity index (χ2v) is 7.71. The smallest absolute Gasteiger partial charge is 0.328 e. The number of imidazole rings is 1. The SMILES string of the molecule is CCOc1cc(-c2ccccc2)sc1C(=O)Nc1ccc2c(c1)n(C)c(=O)n2C. The van der Waals surface area contributed by atoms with Crippen molar-refractivity contribution in [3.63, 3.8) is 0 Å². The first-order chi connectivity index (χ1) is 14.0. The van der Waals surface area contributed by atoms with Crippen LogP contribution in [0.4, 0.5) is 5.69 Å². The number of amides is 1. The summed E-state index contributed by atoms with van der Waals surface area (Å²) >= 11 is 1.40. The van der Waals surface area contributed by atoms with E-state index in [4.69, 9.17) is 4.74 Å². The van der Waals surface area contributed by atoms with Crippen LogP contribution in [-0.4, -0.2) is 21.6 Å². The maximum atomic E-state index is 13.0. The third kappa shape index (κ3) is 3.45. The van der Waals surface area contributed by atoms with Gasteiger partial charge in [0.1, 0.15) is 10.6 Å². The molecule has 1 N–H and O–H groups in total. The number of rotatable bonds is 5. The van der Waals surface area contributed by atoms with Crippen LogP contribution in [0, 0.1) is 0 Å². The quantitative estimate of drug-likeness (QED) is 0.538. The minimum Gasteiger partial charge on any atom is -0.492 e. The molecule has 1 amide bonds. The van der Waals surface area contributed by atoms with Crippen LogP contribution >= 0.6 is 11.3 Å². The Kier molecular flexibility index (Phi) is 4.98. The molecule has 4 aromatic rings. The van der Waals surface area contributed by atoms with E-state index in [9.17, 15) is 9.59 Å². The van der Waals surface area contributed by atoms with Crippen LogP contribution in [0.2, 0.25) is 0 Å². The summed E-state index contributed by atoms with van der Waals surface area (Å²) < 4.78 is 8.85. The second-order valence-electron chi connectivity index (χ2n) is 6.66. The average molecular weight is 407 g/mol. The third-order valence-electron chi connectivity index (χ3n) is 4.79. The normalized spacial score (nSPS) is 11.0. The zero-order chi connectivity index (χ0) is 20.5. The second kappa shape index (κ2) is 7.60. The van der Waals surface area contributed by atoms with Gasteiger partial charge >= 0.3 is 5.69 Å². The molecule has 0 radical (unpaired) electrons. The number of hydrogen-bond donors (Lipinski definition) is 1. The maximum absolute atomic E-state index is 13.0. The first kappa shape index (κ1) is 19.0. The molecule has 6 nitrogen and oxygen atoms in total. The van der Waals surface area contributed by atoms with E-state index in [1.54, 1.807) is 35.4 Å². The number of ether oxygens (including phenoxy) is 1. The van der Waals surface area contributed by atoms with E-state index in [-0.39, 0.29) is 11.6 Å². The van der Waals surface area contributed by atoms with Crippen LogP contribution in [0.1, 0.15) is 16.6 Å². The minimum absolute atomic E-state index is 0.104. The number of aryl methyl sites for hydroxylation is 2. The molecular weight excluding hydrogens is 386 g/mol. The van der Waals surface area contributed by atoms with Gasteiger partial charge in [0.05, 0.1) is 17.6 Å². The summed E-state index contributed by atoms with van der Waals surface area (Å²) in [4.78, 5) is 26.6. The fourth-order valence-electron chi connectivity index (χ4n) is 3.31. The average Bonchev–Trinajstić information content (AvgIpc) is 3.25. The van der Waals surface area contributed by atoms with Crippen molar-refractivity contribution < 1.29 is 9.53 Å². The molecule has 0 saturated heterocycles. The third-order valence-corrected chi connectivity index (χ3v) is 5.96. The molecule has 7 heteroatoms. The van der Waals surface area contributed by atoms with E-state index >= 15 is 0 Å². The Balaban J connectivity index is 1.68. The van der Waals surface area contributed by atoms with Crippen LogP contribution in [0.5, 0.6) is 5.75 Å². The molecule has 0 fully saturated rings. The van der Waals surface area contributed by atoms with Gasteiger partial charge in [-0.2, -0.15) is 0 Å². The van der Waals surface area contributed by atoms with Gasteiger partial charge in [-0.05, 0) is 36.8 Å². The Morgan fingerprint density at radius 2 is 1.76 bits per heavy atom. The van der Waals surface area contributed by atoms with Crippen LogP contribution in [0.15, 0.2) is 59.4 Å². The van der Waals surface area contributed by atoms with Gasteiger partial charge in [0.15, 0.2) is 0 Å². The van der Waals surface area contributed by atoms with E-state index in [1.165, 1.54) is 11.3 Å². The highest BCUT2D eigenvalue weighted by Gasteiger charge is 2.19. The van der Waals surface area contributed by atoms with E-state index in [2.05, 4.69) is 5.32 Å². The van der Waals surface area contributed by atoms with E-state index in [1.807, 2.05) is 49.4 Å². The van der Waals surface area contributed by atoms with Gasteiger partial charge in [-0.3, -0.25) is 13.9 Å². The van der Waals surface area contributed by atoms with Crippen molar-refractivity contribution in [1.82, 2.24) is 9.13 Å². The number of carbonyl (C=O) groups is 1. The van der Waals surface area contributed by atoms with Crippen molar-refractivity contribution >= 4 is 34.0 Å². The van der Waals surface area contributed by atoms with E-state index in [0.717, 1.165) is 21.5 Å². The number of nitrogens with one attached hydrogen (secondary N) is 1. The van der Waals surface area contributed by atoms with Gasteiger partial charge in [-0.1, -0.05) is 30.3 Å². The molecular formula is C22H21N3O3S. The number of hydrogen-bond acceptors (Lipinski definition) is 4. The zero-order valence-corrected chi connectivity index (χ0v) is 17.2. The molecule has 148 valence electrons. The van der Waals surface area contributed by atoms with Crippen molar-refractivity contribution in [2.75, 3.05) is 11.9 Å². The number of anilines is 1. The fourth-order valence-corrected chi connectivity index (χ4v) is 4.31. The molecule has 2 aromatic heterocycles. The van der Waals surface area contributed by atoms with E-state index in [0.29, 0.717) is 22.9 Å². The molecule has 0 aliphatic rings. The first-order valence-electron chi connectivity index (χ1n) is 9.28. The summed E-state index contributed by atoms with van der Waals surface area (Å²) in [6, 6.07) is 17.2. The van der Waals surface area contributed by atoms with Crippen molar-refractivity contribution in [3.8, 4) is 16.2 Å². The van der Waals surface area contributed by atoms with E-state index < -0.39 is 0 Å². The number of benzene rings is 2. The summed E-state index contributed by atoms with van der Waals surface area (Å²) in [5.41, 5.74) is 3.14. The summed E-state index contributed by atoms with van der Waals surface area (Å²) in [6.07, 6.45) is 0. The standard InChI is InChI=1S/C22H21N3O3S/c1-4-28-18-13-19(14-8-6-5-7-9-14)29-20(18)21(26)23-15-10-11-16-17(12-15)25(3)22(27)24(16)2/h5-13H,4H2,1-3H3,(H,23,26). The lowest BCUT2D eigenvalue weighted by atomic mass is 10.2. The van der Waals surface area contributed by atoms with Gasteiger partial charge in [0.2, 0.25) is 0 Å². The van der Waals surface area contributed by atoms with Gasteiger partial charge in [-0.15, -0.1) is 11.3 Å². The zero-order valence-electron chi connectivity index (χ0n) is 16.4. The summed E-state index contributed by atoms with van der Waals surface area (Å²) in [5.74, 6) is 0.336. The largest absolute Gasteiger partial charge is 0.492 e. The minimum atomic E-state index is -0.235. The Labute approximate surface area is 172 Å². The number of thiophene rings is 1. The van der Waals surface area contributed by atoms with Gasteiger partial charge in [0, 0.05) is 24.7 Å². The van der Waals surface area contributed by atoms with Crippen molar-refractivity contribution in [2.45, 2.75) is 6.92 Å². The van der Waals surface area contributed by atoms with Gasteiger partial charge < -0.3 is 10.1 Å². The van der Waals surface area contributed by atoms with Crippen LogP contribution in [0.3, 0.4) is 0 Å². The number of fused-ring (bicyclic) bond motifs is 1. The highest BCUT2D eigenvalue weighted by atomic mass is 32.1. The lowest BCUT2D eigenvalue weighted by Crippen LogP contribution is -2.19. The molecule has 2 heterocycles. The molecule has 0 unspecified atom stereocenters. The van der Waals surface area contributed by atoms with Gasteiger partial charge in [0.25, 0.3) is 5.91 Å².